The summed E-state index contributed by atoms with van der Waals surface area (Å²) in [4.78, 5) is 0.382. The summed E-state index contributed by atoms with van der Waals surface area (Å²) in [6.07, 6.45) is 0.398. The monoisotopic (exact) mass is 408 g/mol. The number of sulfone groups is 1. The van der Waals surface area contributed by atoms with Gasteiger partial charge in [0.15, 0.2) is 13.9 Å². The normalized spacial score (nSPS) is 19.9. The van der Waals surface area contributed by atoms with E-state index in [9.17, 15) is 12.6 Å². The zero-order valence-electron chi connectivity index (χ0n) is 15.2. The van der Waals surface area contributed by atoms with Gasteiger partial charge in [0.25, 0.3) is 0 Å². The van der Waals surface area contributed by atoms with Gasteiger partial charge < -0.3 is 0 Å². The molecule has 1 aliphatic heterocycles. The molecule has 0 amide bonds. The second kappa shape index (κ2) is 7.49. The minimum Gasteiger partial charge on any atom is -0.253 e. The lowest BCUT2D eigenvalue weighted by molar-refractivity contribution is 0.570. The van der Waals surface area contributed by atoms with Crippen LogP contribution in [0.3, 0.4) is 0 Å². The molecule has 1 atom stereocenters. The zero-order valence-corrected chi connectivity index (χ0v) is 16.8. The van der Waals surface area contributed by atoms with E-state index in [-0.39, 0.29) is 12.8 Å². The quantitative estimate of drug-likeness (QED) is 0.631. The van der Waals surface area contributed by atoms with Gasteiger partial charge in [-0.15, -0.1) is 0 Å². The summed E-state index contributed by atoms with van der Waals surface area (Å²) in [5.41, 5.74) is 2.41. The van der Waals surface area contributed by atoms with Crippen molar-refractivity contribution in [2.45, 2.75) is 16.9 Å². The second-order valence-electron chi connectivity index (χ2n) is 6.90. The van der Waals surface area contributed by atoms with Crippen LogP contribution in [0.25, 0.3) is 4.91 Å². The van der Waals surface area contributed by atoms with Crippen LogP contribution in [0.4, 0.5) is 0 Å². The van der Waals surface area contributed by atoms with Crippen molar-refractivity contribution in [3.63, 3.8) is 0 Å². The van der Waals surface area contributed by atoms with Gasteiger partial charge in [-0.05, 0) is 16.7 Å². The van der Waals surface area contributed by atoms with E-state index in [1.807, 2.05) is 78.9 Å². The molecule has 3 nitrogen and oxygen atoms in total. The third-order valence-electron chi connectivity index (χ3n) is 5.01. The lowest BCUT2D eigenvalue weighted by Crippen LogP contribution is -2.43. The first kappa shape index (κ1) is 18.8. The van der Waals surface area contributed by atoms with Crippen molar-refractivity contribution in [3.05, 3.63) is 113 Å². The summed E-state index contributed by atoms with van der Waals surface area (Å²) in [7, 11) is -5.46. The summed E-state index contributed by atoms with van der Waals surface area (Å²) in [6.45, 7) is 0. The number of benzene rings is 3. The molecule has 4 rings (SSSR count). The molecular weight excluding hydrogens is 388 g/mol. The molecule has 1 heterocycles. The molecule has 1 unspecified atom stereocenters. The Kier molecular flexibility index (Phi) is 5.04. The topological polar surface area (TPSA) is 51.2 Å². The third-order valence-corrected chi connectivity index (χ3v) is 9.90. The molecule has 3 aromatic rings. The standard InChI is InChI=1S/C23H20O3S2/c24-27-22(21-14-8-3-9-15-21)18-28(25,26)23(27,16-19-10-4-1-5-11-19)17-20-12-6-2-7-13-20/h1-15,18H,16-17H2. The molecule has 0 N–H and O–H groups in total. The average molecular weight is 409 g/mol. The Bertz CT molecular complexity index is 1080. The lowest BCUT2D eigenvalue weighted by atomic mass is 10.0. The van der Waals surface area contributed by atoms with Crippen LogP contribution in [0.1, 0.15) is 16.7 Å². The lowest BCUT2D eigenvalue weighted by Gasteiger charge is -2.28. The van der Waals surface area contributed by atoms with Crippen LogP contribution in [0.2, 0.25) is 0 Å². The molecule has 0 saturated heterocycles. The van der Waals surface area contributed by atoms with Crippen LogP contribution >= 0.6 is 0 Å². The van der Waals surface area contributed by atoms with Crippen molar-refractivity contribution in [1.29, 1.82) is 0 Å². The van der Waals surface area contributed by atoms with Gasteiger partial charge in [-0.2, -0.15) is 0 Å². The van der Waals surface area contributed by atoms with Crippen LogP contribution in [-0.2, 0) is 33.5 Å². The van der Waals surface area contributed by atoms with Crippen molar-refractivity contribution in [1.82, 2.24) is 0 Å². The van der Waals surface area contributed by atoms with Gasteiger partial charge in [-0.25, -0.2) is 8.42 Å². The van der Waals surface area contributed by atoms with E-state index < -0.39 is 24.7 Å². The Morgan fingerprint density at radius 1 is 0.679 bits per heavy atom. The van der Waals surface area contributed by atoms with Crippen LogP contribution in [0, 0.1) is 0 Å². The highest BCUT2D eigenvalue weighted by Crippen LogP contribution is 2.44. The van der Waals surface area contributed by atoms with Crippen molar-refractivity contribution < 1.29 is 12.6 Å². The molecule has 1 aliphatic rings. The maximum Gasteiger partial charge on any atom is 0.191 e. The fourth-order valence-corrected chi connectivity index (χ4v) is 8.29. The zero-order chi connectivity index (χ0) is 19.6. The van der Waals surface area contributed by atoms with E-state index in [0.717, 1.165) is 11.1 Å². The van der Waals surface area contributed by atoms with Gasteiger partial charge in [0, 0.05) is 18.2 Å². The highest BCUT2D eigenvalue weighted by molar-refractivity contribution is 8.16. The molecule has 5 heteroatoms. The van der Waals surface area contributed by atoms with E-state index in [1.54, 1.807) is 12.1 Å². The van der Waals surface area contributed by atoms with Gasteiger partial charge in [0.1, 0.15) is 0 Å². The second-order valence-corrected chi connectivity index (χ2v) is 11.0. The predicted octanol–water partition coefficient (Wildman–Crippen LogP) is 4.34. The van der Waals surface area contributed by atoms with Crippen molar-refractivity contribution >= 4 is 25.5 Å². The Labute approximate surface area is 168 Å². The Balaban J connectivity index is 1.84. The Morgan fingerprint density at radius 2 is 1.11 bits per heavy atom. The first-order valence-corrected chi connectivity index (χ1v) is 11.7. The first-order chi connectivity index (χ1) is 13.5. The molecule has 142 valence electrons. The van der Waals surface area contributed by atoms with Gasteiger partial charge in [0.2, 0.25) is 0 Å². The fourth-order valence-electron chi connectivity index (χ4n) is 3.58. The molecule has 3 aromatic carbocycles. The largest absolute Gasteiger partial charge is 0.253 e. The summed E-state index contributed by atoms with van der Waals surface area (Å²) in [5, 5.41) is 1.23. The van der Waals surface area contributed by atoms with E-state index in [1.165, 1.54) is 5.41 Å². The molecule has 28 heavy (non-hydrogen) atoms. The summed E-state index contributed by atoms with van der Waals surface area (Å²) in [6, 6.07) is 28.0. The van der Waals surface area contributed by atoms with E-state index in [0.29, 0.717) is 10.5 Å². The van der Waals surface area contributed by atoms with Crippen LogP contribution in [0.5, 0.6) is 0 Å². The molecular formula is C23H20O3S2. The average Bonchev–Trinajstić information content (AvgIpc) is 2.91. The van der Waals surface area contributed by atoms with Crippen molar-refractivity contribution in [2.24, 2.45) is 0 Å². The summed E-state index contributed by atoms with van der Waals surface area (Å²) < 4.78 is 39.1. The Hall–Kier alpha value is -2.50. The first-order valence-electron chi connectivity index (χ1n) is 9.03. The molecule has 0 fully saturated rings. The molecule has 0 aliphatic carbocycles. The fraction of sp³-hybridized carbons (Fsp3) is 0.130. The Morgan fingerprint density at radius 3 is 1.57 bits per heavy atom. The summed E-state index contributed by atoms with van der Waals surface area (Å²) >= 11 is 0. The predicted molar refractivity (Wildman–Crippen MR) is 115 cm³/mol. The van der Waals surface area contributed by atoms with Crippen molar-refractivity contribution in [2.75, 3.05) is 0 Å². The third kappa shape index (κ3) is 3.36. The van der Waals surface area contributed by atoms with E-state index in [2.05, 4.69) is 0 Å². The number of rotatable bonds is 5. The molecule has 0 aromatic heterocycles. The minimum atomic E-state index is -3.75. The summed E-state index contributed by atoms with van der Waals surface area (Å²) in [5.74, 6) is 0. The molecule has 0 radical (unpaired) electrons. The smallest absolute Gasteiger partial charge is 0.191 e. The van der Waals surface area contributed by atoms with Gasteiger partial charge >= 0.3 is 0 Å². The van der Waals surface area contributed by atoms with Crippen molar-refractivity contribution in [3.8, 4) is 0 Å². The maximum atomic E-state index is 13.7. The highest BCUT2D eigenvalue weighted by Gasteiger charge is 2.54. The number of hydrogen-bond donors (Lipinski definition) is 0. The van der Waals surface area contributed by atoms with Gasteiger partial charge in [-0.1, -0.05) is 91.0 Å². The van der Waals surface area contributed by atoms with Crippen LogP contribution < -0.4 is 0 Å². The minimum absolute atomic E-state index is 0.199. The van der Waals surface area contributed by atoms with E-state index in [4.69, 9.17) is 0 Å². The van der Waals surface area contributed by atoms with E-state index >= 15 is 0 Å². The molecule has 0 bridgehead atoms. The van der Waals surface area contributed by atoms with Gasteiger partial charge in [-0.3, -0.25) is 4.21 Å². The van der Waals surface area contributed by atoms with Crippen LogP contribution in [-0.4, -0.2) is 16.7 Å². The van der Waals surface area contributed by atoms with Gasteiger partial charge in [0.05, 0.1) is 15.7 Å². The molecule has 0 saturated carbocycles. The molecule has 0 spiro atoms. The number of hydrogen-bond acceptors (Lipinski definition) is 3. The highest BCUT2D eigenvalue weighted by atomic mass is 32.3. The maximum absolute atomic E-state index is 13.7. The SMILES string of the molecule is O=S1C(c2ccccc2)=CS(=O)(=O)C1(Cc1ccccc1)Cc1ccccc1. The van der Waals surface area contributed by atoms with Crippen LogP contribution in [0.15, 0.2) is 96.4 Å².